The highest BCUT2D eigenvalue weighted by molar-refractivity contribution is 6.33. The lowest BCUT2D eigenvalue weighted by atomic mass is 9.97. The van der Waals surface area contributed by atoms with Crippen LogP contribution in [0.1, 0.15) is 31.2 Å². The van der Waals surface area contributed by atoms with Gasteiger partial charge >= 0.3 is 0 Å². The number of halogens is 1. The largest absolute Gasteiger partial charge is 0.383 e. The maximum absolute atomic E-state index is 6.07. The molecule has 0 aromatic heterocycles. The van der Waals surface area contributed by atoms with Crippen LogP contribution in [0.25, 0.3) is 0 Å². The van der Waals surface area contributed by atoms with Crippen LogP contribution >= 0.6 is 11.6 Å². The zero-order valence-electron chi connectivity index (χ0n) is 7.81. The van der Waals surface area contributed by atoms with Gasteiger partial charge in [0.05, 0.1) is 10.7 Å². The van der Waals surface area contributed by atoms with E-state index in [1.165, 1.54) is 18.4 Å². The van der Waals surface area contributed by atoms with Crippen molar-refractivity contribution in [2.24, 2.45) is 0 Å². The first-order valence-electron chi connectivity index (χ1n) is 4.85. The first-order chi connectivity index (χ1) is 6.33. The van der Waals surface area contributed by atoms with Crippen LogP contribution in [-0.4, -0.2) is 6.54 Å². The summed E-state index contributed by atoms with van der Waals surface area (Å²) in [5, 5.41) is 4.23. The van der Waals surface area contributed by atoms with Gasteiger partial charge in [-0.05, 0) is 18.1 Å². The van der Waals surface area contributed by atoms with E-state index >= 15 is 0 Å². The summed E-state index contributed by atoms with van der Waals surface area (Å²) in [5.41, 5.74) is 2.55. The molecule has 2 heteroatoms. The van der Waals surface area contributed by atoms with Crippen molar-refractivity contribution >= 4 is 17.3 Å². The van der Waals surface area contributed by atoms with E-state index in [1.54, 1.807) is 0 Å². The summed E-state index contributed by atoms with van der Waals surface area (Å²) >= 11 is 6.07. The summed E-state index contributed by atoms with van der Waals surface area (Å²) in [5.74, 6) is 0.665. The maximum Gasteiger partial charge on any atom is 0.0640 e. The summed E-state index contributed by atoms with van der Waals surface area (Å²) in [6.07, 6.45) is 2.48. The van der Waals surface area contributed by atoms with Crippen molar-refractivity contribution in [3.8, 4) is 0 Å². The second-order valence-electron chi connectivity index (χ2n) is 3.57. The number of nitrogens with one attached hydrogen (secondary N) is 1. The molecule has 1 aliphatic heterocycles. The van der Waals surface area contributed by atoms with Gasteiger partial charge in [0.15, 0.2) is 0 Å². The van der Waals surface area contributed by atoms with Gasteiger partial charge in [0.25, 0.3) is 0 Å². The first-order valence-corrected chi connectivity index (χ1v) is 5.23. The highest BCUT2D eigenvalue weighted by atomic mass is 35.5. The van der Waals surface area contributed by atoms with E-state index in [0.29, 0.717) is 5.92 Å². The predicted octanol–water partition coefficient (Wildman–Crippen LogP) is 3.65. The lowest BCUT2D eigenvalue weighted by molar-refractivity contribution is 0.661. The highest BCUT2D eigenvalue weighted by Crippen LogP contribution is 2.38. The number of hydrogen-bond acceptors (Lipinski definition) is 1. The standard InChI is InChI=1S/C11H14ClN/c1-2-4-8-7-13-11-9(8)5-3-6-10(11)12/h3,5-6,8,13H,2,4,7H2,1H3/t8-/m0/s1. The van der Waals surface area contributed by atoms with Crippen LogP contribution in [0.4, 0.5) is 5.69 Å². The Labute approximate surface area is 84.1 Å². The summed E-state index contributed by atoms with van der Waals surface area (Å²) in [6.45, 7) is 3.27. The minimum absolute atomic E-state index is 0.665. The second kappa shape index (κ2) is 3.59. The number of fused-ring (bicyclic) bond motifs is 1. The number of para-hydroxylation sites is 1. The van der Waals surface area contributed by atoms with Gasteiger partial charge in [-0.1, -0.05) is 37.1 Å². The molecule has 0 aliphatic carbocycles. The third kappa shape index (κ3) is 1.53. The van der Waals surface area contributed by atoms with Crippen LogP contribution in [0.5, 0.6) is 0 Å². The van der Waals surface area contributed by atoms with Gasteiger partial charge < -0.3 is 5.32 Å². The lowest BCUT2D eigenvalue weighted by Crippen LogP contribution is -2.00. The topological polar surface area (TPSA) is 12.0 Å². The molecule has 70 valence electrons. The fourth-order valence-corrected chi connectivity index (χ4v) is 2.26. The normalized spacial score (nSPS) is 19.7. The Balaban J connectivity index is 2.32. The van der Waals surface area contributed by atoms with Crippen molar-refractivity contribution in [2.75, 3.05) is 11.9 Å². The Hall–Kier alpha value is -0.690. The molecular weight excluding hydrogens is 182 g/mol. The molecule has 1 nitrogen and oxygen atoms in total. The SMILES string of the molecule is CCC[C@H]1CNc2c(Cl)cccc21. The zero-order chi connectivity index (χ0) is 9.26. The Morgan fingerprint density at radius 3 is 3.15 bits per heavy atom. The van der Waals surface area contributed by atoms with Gasteiger partial charge in [-0.2, -0.15) is 0 Å². The molecule has 13 heavy (non-hydrogen) atoms. The van der Waals surface area contributed by atoms with Crippen LogP contribution in [0.2, 0.25) is 5.02 Å². The molecule has 0 saturated carbocycles. The minimum atomic E-state index is 0.665. The van der Waals surface area contributed by atoms with E-state index in [1.807, 2.05) is 12.1 Å². The molecule has 0 radical (unpaired) electrons. The van der Waals surface area contributed by atoms with Crippen LogP contribution in [0.15, 0.2) is 18.2 Å². The van der Waals surface area contributed by atoms with Crippen LogP contribution in [-0.2, 0) is 0 Å². The molecule has 1 aromatic rings. The van der Waals surface area contributed by atoms with Crippen molar-refractivity contribution in [3.05, 3.63) is 28.8 Å². The smallest absolute Gasteiger partial charge is 0.0640 e. The van der Waals surface area contributed by atoms with Crippen molar-refractivity contribution in [1.82, 2.24) is 0 Å². The maximum atomic E-state index is 6.07. The molecule has 0 fully saturated rings. The quantitative estimate of drug-likeness (QED) is 0.760. The Morgan fingerprint density at radius 1 is 1.54 bits per heavy atom. The Kier molecular flexibility index (Phi) is 2.45. The van der Waals surface area contributed by atoms with Crippen molar-refractivity contribution in [3.63, 3.8) is 0 Å². The average Bonchev–Trinajstić information content (AvgIpc) is 2.51. The van der Waals surface area contributed by atoms with Crippen molar-refractivity contribution < 1.29 is 0 Å². The van der Waals surface area contributed by atoms with E-state index in [-0.39, 0.29) is 0 Å². The van der Waals surface area contributed by atoms with Gasteiger partial charge in [-0.3, -0.25) is 0 Å². The second-order valence-corrected chi connectivity index (χ2v) is 3.98. The van der Waals surface area contributed by atoms with Gasteiger partial charge in [-0.25, -0.2) is 0 Å². The van der Waals surface area contributed by atoms with Gasteiger partial charge in [-0.15, -0.1) is 0 Å². The lowest BCUT2D eigenvalue weighted by Gasteiger charge is -2.07. The van der Waals surface area contributed by atoms with Gasteiger partial charge in [0, 0.05) is 12.5 Å². The Bertz CT molecular complexity index is 309. The van der Waals surface area contributed by atoms with Gasteiger partial charge in [0.2, 0.25) is 0 Å². The summed E-state index contributed by atoms with van der Waals surface area (Å²) < 4.78 is 0. The average molecular weight is 196 g/mol. The monoisotopic (exact) mass is 195 g/mol. The van der Waals surface area contributed by atoms with E-state index in [0.717, 1.165) is 17.3 Å². The van der Waals surface area contributed by atoms with Crippen LogP contribution in [0.3, 0.4) is 0 Å². The summed E-state index contributed by atoms with van der Waals surface area (Å²) in [6, 6.07) is 6.17. The third-order valence-electron chi connectivity index (χ3n) is 2.65. The molecule has 0 spiro atoms. The fraction of sp³-hybridized carbons (Fsp3) is 0.455. The fourth-order valence-electron chi connectivity index (χ4n) is 2.01. The summed E-state index contributed by atoms with van der Waals surface area (Å²) in [7, 11) is 0. The van der Waals surface area contributed by atoms with E-state index in [4.69, 9.17) is 11.6 Å². The van der Waals surface area contributed by atoms with E-state index in [9.17, 15) is 0 Å². The van der Waals surface area contributed by atoms with Crippen LogP contribution in [0, 0.1) is 0 Å². The van der Waals surface area contributed by atoms with E-state index < -0.39 is 0 Å². The van der Waals surface area contributed by atoms with Gasteiger partial charge in [0.1, 0.15) is 0 Å². The number of hydrogen-bond donors (Lipinski definition) is 1. The molecule has 1 N–H and O–H groups in total. The molecule has 0 unspecified atom stereocenters. The molecular formula is C11H14ClN. The van der Waals surface area contributed by atoms with Crippen LogP contribution < -0.4 is 5.32 Å². The number of anilines is 1. The van der Waals surface area contributed by atoms with E-state index in [2.05, 4.69) is 18.3 Å². The molecule has 2 rings (SSSR count). The molecule has 0 saturated heterocycles. The first kappa shape index (κ1) is 8.89. The molecule has 0 bridgehead atoms. The number of rotatable bonds is 2. The van der Waals surface area contributed by atoms with Crippen molar-refractivity contribution in [1.29, 1.82) is 0 Å². The molecule has 1 aliphatic rings. The molecule has 1 aromatic carbocycles. The minimum Gasteiger partial charge on any atom is -0.383 e. The Morgan fingerprint density at radius 2 is 2.38 bits per heavy atom. The third-order valence-corrected chi connectivity index (χ3v) is 2.96. The predicted molar refractivity (Wildman–Crippen MR) is 57.6 cm³/mol. The highest BCUT2D eigenvalue weighted by Gasteiger charge is 2.22. The zero-order valence-corrected chi connectivity index (χ0v) is 8.56. The molecule has 1 atom stereocenters. The summed E-state index contributed by atoms with van der Waals surface area (Å²) in [4.78, 5) is 0. The number of benzene rings is 1. The molecule has 0 amide bonds. The molecule has 1 heterocycles. The van der Waals surface area contributed by atoms with Crippen molar-refractivity contribution in [2.45, 2.75) is 25.7 Å².